The molecule has 0 radical (unpaired) electrons. The largest absolute Gasteiger partial charge is 0.359 e. The molecule has 4 aliphatic carbocycles. The number of allylic oxidation sites excluding steroid dienone is 1. The van der Waals surface area contributed by atoms with Crippen LogP contribution in [-0.4, -0.2) is 39.2 Å². The monoisotopic (exact) mass is 478 g/mol. The van der Waals surface area contributed by atoms with Crippen molar-refractivity contribution in [3.05, 3.63) is 65.5 Å². The van der Waals surface area contributed by atoms with E-state index in [2.05, 4.69) is 53.2 Å². The van der Waals surface area contributed by atoms with E-state index in [0.717, 1.165) is 18.1 Å². The molecule has 3 nitrogen and oxygen atoms in total. The van der Waals surface area contributed by atoms with Crippen molar-refractivity contribution in [1.82, 2.24) is 9.88 Å². The number of aromatic nitrogens is 1. The van der Waals surface area contributed by atoms with Crippen molar-refractivity contribution < 1.29 is 4.74 Å². The number of rotatable bonds is 2. The van der Waals surface area contributed by atoms with Crippen molar-refractivity contribution in [2.75, 3.05) is 0 Å². The summed E-state index contributed by atoms with van der Waals surface area (Å²) >= 11 is 0. The van der Waals surface area contributed by atoms with Crippen LogP contribution in [0.4, 0.5) is 0 Å². The van der Waals surface area contributed by atoms with Gasteiger partial charge in [-0.05, 0) is 122 Å². The van der Waals surface area contributed by atoms with E-state index in [4.69, 9.17) is 4.74 Å². The van der Waals surface area contributed by atoms with Gasteiger partial charge in [-0.1, -0.05) is 31.2 Å². The predicted octanol–water partition coefficient (Wildman–Crippen LogP) is 7.08. The highest BCUT2D eigenvalue weighted by molar-refractivity contribution is 5.82. The summed E-state index contributed by atoms with van der Waals surface area (Å²) in [7, 11) is 0. The highest BCUT2D eigenvalue weighted by Gasteiger charge is 2.67. The Balaban J connectivity index is 1.07. The molecule has 6 fully saturated rings. The van der Waals surface area contributed by atoms with E-state index >= 15 is 0 Å². The molecule has 8 atom stereocenters. The number of fused-ring (bicyclic) bond motifs is 3. The van der Waals surface area contributed by atoms with Crippen molar-refractivity contribution in [2.24, 2.45) is 11.3 Å². The maximum absolute atomic E-state index is 7.58. The molecule has 4 aliphatic heterocycles. The van der Waals surface area contributed by atoms with Gasteiger partial charge in [0.15, 0.2) is 0 Å². The number of nitrogens with zero attached hydrogens (tertiary/aromatic N) is 2. The third-order valence-corrected chi connectivity index (χ3v) is 12.4. The number of ether oxygens (including phenoxy) is 1. The van der Waals surface area contributed by atoms with Gasteiger partial charge in [0.2, 0.25) is 0 Å². The quantitative estimate of drug-likeness (QED) is 0.461. The standard InChI is InChI=1S/C33H38N2O/c1-31-12-10-25-17-24-4-5-28(35-26-6-7-27(35)18-26)19-32(24)13-14-33(25,36-32)30(31)9-8-29(31)22-3-2-21-11-15-34-20-23(21)16-22/h2-3,10-11,15-17,20,26-30H,4-9,12-14,18-19H2,1H3/t26?,27?,28-,29?,30+,31?,32+,33+/m0/s1. The second-order valence-corrected chi connectivity index (χ2v) is 13.7. The Morgan fingerprint density at radius 3 is 2.78 bits per heavy atom. The second-order valence-electron chi connectivity index (χ2n) is 13.7. The van der Waals surface area contributed by atoms with Crippen molar-refractivity contribution >= 4 is 10.8 Å². The molecule has 1 aromatic heterocycles. The van der Waals surface area contributed by atoms with Gasteiger partial charge in [-0.15, -0.1) is 0 Å². The molecule has 1 aromatic carbocycles. The molecule has 2 spiro atoms. The van der Waals surface area contributed by atoms with Gasteiger partial charge in [0, 0.05) is 35.9 Å². The van der Waals surface area contributed by atoms with Gasteiger partial charge in [0.1, 0.15) is 0 Å². The third-order valence-electron chi connectivity index (χ3n) is 12.4. The maximum Gasteiger partial charge on any atom is 0.0974 e. The predicted molar refractivity (Wildman–Crippen MR) is 143 cm³/mol. The molecule has 3 saturated heterocycles. The summed E-state index contributed by atoms with van der Waals surface area (Å²) in [4.78, 5) is 7.33. The Kier molecular flexibility index (Phi) is 4.03. The van der Waals surface area contributed by atoms with E-state index in [1.54, 1.807) is 11.1 Å². The molecule has 5 heterocycles. The van der Waals surface area contributed by atoms with Crippen LogP contribution in [0.3, 0.4) is 0 Å². The molecule has 0 N–H and O–H groups in total. The van der Waals surface area contributed by atoms with Crippen LogP contribution in [0, 0.1) is 11.3 Å². The van der Waals surface area contributed by atoms with Gasteiger partial charge in [-0.2, -0.15) is 0 Å². The van der Waals surface area contributed by atoms with Crippen LogP contribution in [0.15, 0.2) is 60.0 Å². The Hall–Kier alpha value is -1.97. The first-order valence-corrected chi connectivity index (χ1v) is 14.8. The van der Waals surface area contributed by atoms with Gasteiger partial charge < -0.3 is 4.74 Å². The fourth-order valence-corrected chi connectivity index (χ4v) is 10.7. The molecule has 2 aromatic rings. The fraction of sp³-hybridized carbons (Fsp3) is 0.606. The SMILES string of the molecule is CC12CC=C3C=C4CC[C@H](N5C6CCC5C6)C[C@]45CC[C@]3(O5)[C@@H]1CCC2c1ccc2ccncc2c1. The highest BCUT2D eigenvalue weighted by Crippen LogP contribution is 2.69. The summed E-state index contributed by atoms with van der Waals surface area (Å²) in [6, 6.07) is 11.8. The van der Waals surface area contributed by atoms with Crippen LogP contribution in [0.25, 0.3) is 10.8 Å². The van der Waals surface area contributed by atoms with Crippen molar-refractivity contribution in [1.29, 1.82) is 0 Å². The molecule has 3 heteroatoms. The molecule has 36 heavy (non-hydrogen) atoms. The van der Waals surface area contributed by atoms with Gasteiger partial charge in [0.25, 0.3) is 0 Å². The lowest BCUT2D eigenvalue weighted by Crippen LogP contribution is -2.59. The minimum atomic E-state index is -0.0422. The average molecular weight is 479 g/mol. The van der Waals surface area contributed by atoms with Crippen LogP contribution in [0.2, 0.25) is 0 Å². The minimum absolute atomic E-state index is 0.0280. The molecule has 4 unspecified atom stereocenters. The lowest BCUT2D eigenvalue weighted by atomic mass is 9.58. The van der Waals surface area contributed by atoms with Crippen LogP contribution in [-0.2, 0) is 4.74 Å². The van der Waals surface area contributed by atoms with E-state index < -0.39 is 0 Å². The molecule has 4 bridgehead atoms. The normalized spacial score (nSPS) is 46.5. The van der Waals surface area contributed by atoms with Gasteiger partial charge in [-0.25, -0.2) is 0 Å². The second kappa shape index (κ2) is 6.91. The Bertz CT molecular complexity index is 1330. The zero-order chi connectivity index (χ0) is 23.7. The Labute approximate surface area is 215 Å². The van der Waals surface area contributed by atoms with Crippen LogP contribution < -0.4 is 0 Å². The number of benzene rings is 1. The van der Waals surface area contributed by atoms with E-state index in [9.17, 15) is 0 Å². The van der Waals surface area contributed by atoms with Gasteiger partial charge >= 0.3 is 0 Å². The van der Waals surface area contributed by atoms with E-state index in [1.807, 2.05) is 12.4 Å². The third kappa shape index (κ3) is 2.50. The summed E-state index contributed by atoms with van der Waals surface area (Å²) < 4.78 is 7.58. The molecule has 0 amide bonds. The molecular formula is C33H38N2O. The molecule has 8 aliphatic rings. The van der Waals surface area contributed by atoms with E-state index in [0.29, 0.717) is 11.8 Å². The summed E-state index contributed by atoms with van der Waals surface area (Å²) in [5.74, 6) is 1.22. The van der Waals surface area contributed by atoms with Crippen LogP contribution >= 0.6 is 0 Å². The topological polar surface area (TPSA) is 25.4 Å². The van der Waals surface area contributed by atoms with Gasteiger partial charge in [-0.3, -0.25) is 9.88 Å². The summed E-state index contributed by atoms with van der Waals surface area (Å²) in [6.07, 6.45) is 23.7. The molecule has 186 valence electrons. The Morgan fingerprint density at radius 2 is 1.89 bits per heavy atom. The highest BCUT2D eigenvalue weighted by atomic mass is 16.5. The van der Waals surface area contributed by atoms with Crippen molar-refractivity contribution in [2.45, 2.75) is 113 Å². The zero-order valence-corrected chi connectivity index (χ0v) is 21.6. The van der Waals surface area contributed by atoms with Crippen molar-refractivity contribution in [3.63, 3.8) is 0 Å². The Morgan fingerprint density at radius 1 is 0.972 bits per heavy atom. The first-order chi connectivity index (χ1) is 17.6. The smallest absolute Gasteiger partial charge is 0.0974 e. The minimum Gasteiger partial charge on any atom is -0.359 e. The number of hydrogen-bond donors (Lipinski definition) is 0. The molecule has 3 saturated carbocycles. The van der Waals surface area contributed by atoms with E-state index in [-0.39, 0.29) is 16.6 Å². The van der Waals surface area contributed by atoms with Crippen LogP contribution in [0.1, 0.15) is 89.0 Å². The maximum atomic E-state index is 7.58. The summed E-state index contributed by atoms with van der Waals surface area (Å²) in [6.45, 7) is 2.60. The molecule has 10 rings (SSSR count). The summed E-state index contributed by atoms with van der Waals surface area (Å²) in [5.41, 5.74) is 4.96. The fourth-order valence-electron chi connectivity index (χ4n) is 10.7. The zero-order valence-electron chi connectivity index (χ0n) is 21.6. The lowest BCUT2D eigenvalue weighted by molar-refractivity contribution is -0.146. The molecular weight excluding hydrogens is 440 g/mol. The lowest BCUT2D eigenvalue weighted by Gasteiger charge is -2.56. The first kappa shape index (κ1) is 21.0. The van der Waals surface area contributed by atoms with Gasteiger partial charge in [0.05, 0.1) is 11.2 Å². The van der Waals surface area contributed by atoms with Crippen molar-refractivity contribution in [3.8, 4) is 0 Å². The summed E-state index contributed by atoms with van der Waals surface area (Å²) in [5, 5.41) is 2.58. The van der Waals surface area contributed by atoms with Crippen LogP contribution in [0.5, 0.6) is 0 Å². The van der Waals surface area contributed by atoms with E-state index in [1.165, 1.54) is 87.0 Å². The average Bonchev–Trinajstić information content (AvgIpc) is 3.66. The number of pyridine rings is 1. The first-order valence-electron chi connectivity index (χ1n) is 14.8. The number of hydrogen-bond acceptors (Lipinski definition) is 3.